The summed E-state index contributed by atoms with van der Waals surface area (Å²) < 4.78 is 0. The highest BCUT2D eigenvalue weighted by molar-refractivity contribution is 5.80. The zero-order chi connectivity index (χ0) is 12.3. The van der Waals surface area contributed by atoms with Gasteiger partial charge in [-0.25, -0.2) is 0 Å². The van der Waals surface area contributed by atoms with Crippen molar-refractivity contribution in [2.24, 2.45) is 5.92 Å². The highest BCUT2D eigenvalue weighted by atomic mass is 16.2. The van der Waals surface area contributed by atoms with Crippen molar-refractivity contribution >= 4 is 5.91 Å². The zero-order valence-corrected chi connectivity index (χ0v) is 11.2. The molecule has 3 atom stereocenters. The van der Waals surface area contributed by atoms with E-state index in [9.17, 15) is 4.79 Å². The number of carbonyl (C=O) groups is 1. The second kappa shape index (κ2) is 5.85. The van der Waals surface area contributed by atoms with E-state index >= 15 is 0 Å². The SMILES string of the molecule is CCC1CCCCCN1C(=O)C1CCNC1C. The van der Waals surface area contributed by atoms with Gasteiger partial charge in [-0.15, -0.1) is 0 Å². The van der Waals surface area contributed by atoms with Crippen molar-refractivity contribution in [1.82, 2.24) is 10.2 Å². The van der Waals surface area contributed by atoms with Crippen LogP contribution in [0.2, 0.25) is 0 Å². The molecule has 2 fully saturated rings. The summed E-state index contributed by atoms with van der Waals surface area (Å²) in [7, 11) is 0. The monoisotopic (exact) mass is 238 g/mol. The average molecular weight is 238 g/mol. The van der Waals surface area contributed by atoms with E-state index in [0.717, 1.165) is 25.9 Å². The molecule has 0 saturated carbocycles. The maximum absolute atomic E-state index is 12.6. The Kier molecular flexibility index (Phi) is 4.43. The largest absolute Gasteiger partial charge is 0.339 e. The summed E-state index contributed by atoms with van der Waals surface area (Å²) in [6.45, 7) is 6.35. The van der Waals surface area contributed by atoms with E-state index in [0.29, 0.717) is 18.0 Å². The number of amides is 1. The molecule has 0 spiro atoms. The van der Waals surface area contributed by atoms with Crippen LogP contribution in [0, 0.1) is 5.92 Å². The molecular weight excluding hydrogens is 212 g/mol. The molecule has 0 aromatic heterocycles. The van der Waals surface area contributed by atoms with Crippen molar-refractivity contribution in [3.63, 3.8) is 0 Å². The first-order chi connectivity index (χ1) is 8.24. The molecule has 1 amide bonds. The molecule has 0 aliphatic carbocycles. The molecule has 2 saturated heterocycles. The van der Waals surface area contributed by atoms with E-state index < -0.39 is 0 Å². The third-order valence-corrected chi connectivity index (χ3v) is 4.47. The van der Waals surface area contributed by atoms with E-state index in [4.69, 9.17) is 0 Å². The molecule has 3 unspecified atom stereocenters. The Hall–Kier alpha value is -0.570. The quantitative estimate of drug-likeness (QED) is 0.799. The maximum atomic E-state index is 12.6. The molecule has 0 aromatic carbocycles. The molecule has 0 bridgehead atoms. The van der Waals surface area contributed by atoms with Gasteiger partial charge in [0, 0.05) is 18.6 Å². The minimum atomic E-state index is 0.224. The van der Waals surface area contributed by atoms with Crippen LogP contribution in [-0.2, 0) is 4.79 Å². The Bertz CT molecular complexity index is 267. The Balaban J connectivity index is 2.04. The lowest BCUT2D eigenvalue weighted by atomic mass is 9.98. The standard InChI is InChI=1S/C14H26N2O/c1-3-12-7-5-4-6-10-16(12)14(17)13-8-9-15-11(13)2/h11-13,15H,3-10H2,1-2H3. The van der Waals surface area contributed by atoms with Crippen LogP contribution in [-0.4, -0.2) is 36.0 Å². The molecule has 2 aliphatic heterocycles. The van der Waals surface area contributed by atoms with Crippen LogP contribution in [0.15, 0.2) is 0 Å². The number of rotatable bonds is 2. The number of nitrogens with one attached hydrogen (secondary N) is 1. The van der Waals surface area contributed by atoms with Gasteiger partial charge in [-0.1, -0.05) is 19.8 Å². The van der Waals surface area contributed by atoms with Crippen LogP contribution in [0.3, 0.4) is 0 Å². The minimum Gasteiger partial charge on any atom is -0.339 e. The summed E-state index contributed by atoms with van der Waals surface area (Å²) in [5.74, 6) is 0.637. The smallest absolute Gasteiger partial charge is 0.227 e. The average Bonchev–Trinajstić information content (AvgIpc) is 2.64. The van der Waals surface area contributed by atoms with Crippen molar-refractivity contribution < 1.29 is 4.79 Å². The van der Waals surface area contributed by atoms with E-state index in [1.165, 1.54) is 25.7 Å². The number of likely N-dealkylation sites (tertiary alicyclic amines) is 1. The molecule has 0 aromatic rings. The highest BCUT2D eigenvalue weighted by Crippen LogP contribution is 2.25. The number of hydrogen-bond acceptors (Lipinski definition) is 2. The summed E-state index contributed by atoms with van der Waals surface area (Å²) in [5, 5.41) is 3.39. The first-order valence-electron chi connectivity index (χ1n) is 7.28. The van der Waals surface area contributed by atoms with Crippen LogP contribution in [0.4, 0.5) is 0 Å². The summed E-state index contributed by atoms with van der Waals surface area (Å²) >= 11 is 0. The van der Waals surface area contributed by atoms with Gasteiger partial charge in [0.2, 0.25) is 5.91 Å². The van der Waals surface area contributed by atoms with Crippen LogP contribution in [0.5, 0.6) is 0 Å². The van der Waals surface area contributed by atoms with Crippen molar-refractivity contribution in [2.45, 2.75) is 64.5 Å². The molecule has 2 heterocycles. The fourth-order valence-corrected chi connectivity index (χ4v) is 3.30. The van der Waals surface area contributed by atoms with Gasteiger partial charge in [-0.2, -0.15) is 0 Å². The van der Waals surface area contributed by atoms with Gasteiger partial charge in [0.25, 0.3) is 0 Å². The molecule has 2 aliphatic rings. The number of hydrogen-bond donors (Lipinski definition) is 1. The van der Waals surface area contributed by atoms with Gasteiger partial charge in [-0.3, -0.25) is 4.79 Å². The first-order valence-corrected chi connectivity index (χ1v) is 7.28. The predicted molar refractivity (Wildman–Crippen MR) is 69.8 cm³/mol. The van der Waals surface area contributed by atoms with Crippen LogP contribution >= 0.6 is 0 Å². The number of nitrogens with zero attached hydrogens (tertiary/aromatic N) is 1. The van der Waals surface area contributed by atoms with Crippen LogP contribution in [0.1, 0.15) is 52.4 Å². The molecule has 98 valence electrons. The summed E-state index contributed by atoms with van der Waals surface area (Å²) in [6.07, 6.45) is 7.11. The topological polar surface area (TPSA) is 32.3 Å². The van der Waals surface area contributed by atoms with E-state index in [1.54, 1.807) is 0 Å². The highest BCUT2D eigenvalue weighted by Gasteiger charge is 2.35. The van der Waals surface area contributed by atoms with Gasteiger partial charge in [-0.05, 0) is 39.2 Å². The van der Waals surface area contributed by atoms with Crippen LogP contribution in [0.25, 0.3) is 0 Å². The fraction of sp³-hybridized carbons (Fsp3) is 0.929. The Labute approximate surface area is 105 Å². The molecule has 0 radical (unpaired) electrons. The van der Waals surface area contributed by atoms with Gasteiger partial charge in [0.05, 0.1) is 5.92 Å². The van der Waals surface area contributed by atoms with Crippen molar-refractivity contribution in [3.05, 3.63) is 0 Å². The van der Waals surface area contributed by atoms with Gasteiger partial charge < -0.3 is 10.2 Å². The number of carbonyl (C=O) groups excluding carboxylic acids is 1. The molecule has 3 nitrogen and oxygen atoms in total. The third-order valence-electron chi connectivity index (χ3n) is 4.47. The Morgan fingerprint density at radius 1 is 1.29 bits per heavy atom. The predicted octanol–water partition coefficient (Wildman–Crippen LogP) is 2.17. The molecular formula is C14H26N2O. The van der Waals surface area contributed by atoms with Crippen molar-refractivity contribution in [3.8, 4) is 0 Å². The van der Waals surface area contributed by atoms with Crippen molar-refractivity contribution in [2.75, 3.05) is 13.1 Å². The molecule has 17 heavy (non-hydrogen) atoms. The molecule has 3 heteroatoms. The summed E-state index contributed by atoms with van der Waals surface area (Å²) in [4.78, 5) is 14.8. The van der Waals surface area contributed by atoms with E-state index in [1.807, 2.05) is 0 Å². The van der Waals surface area contributed by atoms with Crippen molar-refractivity contribution in [1.29, 1.82) is 0 Å². The zero-order valence-electron chi connectivity index (χ0n) is 11.2. The fourth-order valence-electron chi connectivity index (χ4n) is 3.30. The molecule has 1 N–H and O–H groups in total. The third kappa shape index (κ3) is 2.82. The summed E-state index contributed by atoms with van der Waals surface area (Å²) in [6, 6.07) is 0.862. The Morgan fingerprint density at radius 3 is 2.76 bits per heavy atom. The van der Waals surface area contributed by atoms with Gasteiger partial charge >= 0.3 is 0 Å². The lowest BCUT2D eigenvalue weighted by molar-refractivity contribution is -0.138. The van der Waals surface area contributed by atoms with Gasteiger partial charge in [0.15, 0.2) is 0 Å². The maximum Gasteiger partial charge on any atom is 0.227 e. The second-order valence-corrected chi connectivity index (χ2v) is 5.58. The molecule has 2 rings (SSSR count). The Morgan fingerprint density at radius 2 is 2.12 bits per heavy atom. The lowest BCUT2D eigenvalue weighted by Crippen LogP contribution is -2.45. The normalized spacial score (nSPS) is 34.7. The second-order valence-electron chi connectivity index (χ2n) is 5.58. The van der Waals surface area contributed by atoms with Gasteiger partial charge in [0.1, 0.15) is 0 Å². The lowest BCUT2D eigenvalue weighted by Gasteiger charge is -2.32. The minimum absolute atomic E-state index is 0.224. The van der Waals surface area contributed by atoms with E-state index in [-0.39, 0.29) is 5.92 Å². The van der Waals surface area contributed by atoms with E-state index in [2.05, 4.69) is 24.1 Å². The van der Waals surface area contributed by atoms with Crippen LogP contribution < -0.4 is 5.32 Å². The summed E-state index contributed by atoms with van der Waals surface area (Å²) in [5.41, 5.74) is 0. The first kappa shape index (κ1) is 12.9.